The van der Waals surface area contributed by atoms with E-state index in [1.807, 2.05) is 19.9 Å². The van der Waals surface area contributed by atoms with E-state index in [1.165, 1.54) is 6.07 Å². The number of carbonyl (C=O) groups is 1. The molecule has 0 aliphatic heterocycles. The summed E-state index contributed by atoms with van der Waals surface area (Å²) in [4.78, 5) is 24.4. The summed E-state index contributed by atoms with van der Waals surface area (Å²) in [6.45, 7) is 5.47. The van der Waals surface area contributed by atoms with Gasteiger partial charge in [0.05, 0.1) is 0 Å². The van der Waals surface area contributed by atoms with E-state index in [0.717, 1.165) is 11.4 Å². The number of amides is 1. The first-order chi connectivity index (χ1) is 8.94. The summed E-state index contributed by atoms with van der Waals surface area (Å²) in [5.41, 5.74) is 8.34. The predicted molar refractivity (Wildman–Crippen MR) is 72.8 cm³/mol. The topological polar surface area (TPSA) is 93.8 Å². The largest absolute Gasteiger partial charge is 0.384 e. The molecule has 0 spiro atoms. The number of hydrogen-bond donors (Lipinski definition) is 2. The summed E-state index contributed by atoms with van der Waals surface area (Å²) in [7, 11) is 0. The van der Waals surface area contributed by atoms with Crippen molar-refractivity contribution in [2.45, 2.75) is 20.8 Å². The van der Waals surface area contributed by atoms with Crippen LogP contribution < -0.4 is 11.1 Å². The van der Waals surface area contributed by atoms with Gasteiger partial charge in [-0.25, -0.2) is 15.0 Å². The lowest BCUT2D eigenvalue weighted by molar-refractivity contribution is 0.102. The molecule has 0 radical (unpaired) electrons. The highest BCUT2D eigenvalue weighted by Gasteiger charge is 2.10. The van der Waals surface area contributed by atoms with Gasteiger partial charge in [0.1, 0.15) is 5.82 Å². The van der Waals surface area contributed by atoms with Gasteiger partial charge in [0.15, 0.2) is 0 Å². The van der Waals surface area contributed by atoms with E-state index in [9.17, 15) is 4.79 Å². The van der Waals surface area contributed by atoms with Crippen molar-refractivity contribution in [1.82, 2.24) is 15.0 Å². The first-order valence-electron chi connectivity index (χ1n) is 5.82. The SMILES string of the molecule is Cc1cc(C(=O)Nc2nc(C)cc(C)n2)cc(N)n1. The van der Waals surface area contributed by atoms with Gasteiger partial charge in [0, 0.05) is 22.6 Å². The molecule has 0 fully saturated rings. The minimum absolute atomic E-state index is 0.288. The number of rotatable bonds is 2. The Balaban J connectivity index is 2.25. The van der Waals surface area contributed by atoms with Gasteiger partial charge in [0.2, 0.25) is 5.95 Å². The van der Waals surface area contributed by atoms with Gasteiger partial charge in [-0.3, -0.25) is 10.1 Å². The number of aromatic nitrogens is 3. The second-order valence-corrected chi connectivity index (χ2v) is 4.35. The molecule has 2 aromatic heterocycles. The molecule has 0 aliphatic carbocycles. The second-order valence-electron chi connectivity index (χ2n) is 4.35. The van der Waals surface area contributed by atoms with Crippen molar-refractivity contribution in [3.63, 3.8) is 0 Å². The number of carbonyl (C=O) groups excluding carboxylic acids is 1. The van der Waals surface area contributed by atoms with Crippen LogP contribution in [0.3, 0.4) is 0 Å². The molecule has 1 amide bonds. The summed E-state index contributed by atoms with van der Waals surface area (Å²) >= 11 is 0. The van der Waals surface area contributed by atoms with Crippen LogP contribution in [0.4, 0.5) is 11.8 Å². The van der Waals surface area contributed by atoms with E-state index in [-0.39, 0.29) is 11.9 Å². The zero-order chi connectivity index (χ0) is 14.0. The Morgan fingerprint density at radius 1 is 1.00 bits per heavy atom. The smallest absolute Gasteiger partial charge is 0.258 e. The fraction of sp³-hybridized carbons (Fsp3) is 0.231. The maximum Gasteiger partial charge on any atom is 0.258 e. The van der Waals surface area contributed by atoms with Gasteiger partial charge in [0.25, 0.3) is 5.91 Å². The van der Waals surface area contributed by atoms with Crippen LogP contribution in [0.5, 0.6) is 0 Å². The van der Waals surface area contributed by atoms with E-state index < -0.39 is 0 Å². The molecule has 98 valence electrons. The van der Waals surface area contributed by atoms with Gasteiger partial charge in [-0.05, 0) is 39.0 Å². The lowest BCUT2D eigenvalue weighted by Crippen LogP contribution is -2.15. The number of pyridine rings is 1. The summed E-state index contributed by atoms with van der Waals surface area (Å²) < 4.78 is 0. The third-order valence-corrected chi connectivity index (χ3v) is 2.44. The van der Waals surface area contributed by atoms with E-state index in [2.05, 4.69) is 20.3 Å². The van der Waals surface area contributed by atoms with Crippen LogP contribution in [0, 0.1) is 20.8 Å². The van der Waals surface area contributed by atoms with Gasteiger partial charge in [-0.1, -0.05) is 0 Å². The van der Waals surface area contributed by atoms with E-state index in [4.69, 9.17) is 5.73 Å². The number of nitrogen functional groups attached to an aromatic ring is 1. The third kappa shape index (κ3) is 3.25. The first-order valence-corrected chi connectivity index (χ1v) is 5.82. The highest BCUT2D eigenvalue weighted by molar-refractivity contribution is 6.03. The fourth-order valence-corrected chi connectivity index (χ4v) is 1.78. The molecule has 0 saturated carbocycles. The standard InChI is InChI=1S/C13H15N5O/c1-7-4-8(2)17-13(16-7)18-12(19)10-5-9(3)15-11(14)6-10/h4-6H,1-3H3,(H2,14,15)(H,16,17,18,19). The molecule has 2 aromatic rings. The molecule has 0 atom stereocenters. The minimum atomic E-state index is -0.304. The van der Waals surface area contributed by atoms with Crippen LogP contribution in [-0.2, 0) is 0 Å². The van der Waals surface area contributed by atoms with Gasteiger partial charge in [-0.15, -0.1) is 0 Å². The zero-order valence-electron chi connectivity index (χ0n) is 11.1. The van der Waals surface area contributed by atoms with Crippen molar-refractivity contribution in [3.8, 4) is 0 Å². The molecule has 0 saturated heterocycles. The maximum absolute atomic E-state index is 12.1. The van der Waals surface area contributed by atoms with Crippen molar-refractivity contribution >= 4 is 17.7 Å². The van der Waals surface area contributed by atoms with E-state index in [1.54, 1.807) is 13.0 Å². The second kappa shape index (κ2) is 5.01. The number of nitrogens with two attached hydrogens (primary N) is 1. The normalized spacial score (nSPS) is 10.3. The average molecular weight is 257 g/mol. The lowest BCUT2D eigenvalue weighted by atomic mass is 10.2. The lowest BCUT2D eigenvalue weighted by Gasteiger charge is -2.06. The Labute approximate surface area is 111 Å². The highest BCUT2D eigenvalue weighted by atomic mass is 16.1. The molecule has 0 aliphatic rings. The first kappa shape index (κ1) is 12.9. The van der Waals surface area contributed by atoms with Crippen LogP contribution in [0.25, 0.3) is 0 Å². The summed E-state index contributed by atoms with van der Waals surface area (Å²) in [5.74, 6) is 0.296. The quantitative estimate of drug-likeness (QED) is 0.852. The minimum Gasteiger partial charge on any atom is -0.384 e. The summed E-state index contributed by atoms with van der Waals surface area (Å²) in [6.07, 6.45) is 0. The molecule has 0 bridgehead atoms. The average Bonchev–Trinajstić information content (AvgIpc) is 2.25. The van der Waals surface area contributed by atoms with Crippen LogP contribution in [0.2, 0.25) is 0 Å². The summed E-state index contributed by atoms with van der Waals surface area (Å²) in [6, 6.07) is 5.02. The highest BCUT2D eigenvalue weighted by Crippen LogP contribution is 2.10. The van der Waals surface area contributed by atoms with E-state index in [0.29, 0.717) is 17.1 Å². The Kier molecular flexibility index (Phi) is 3.41. The fourth-order valence-electron chi connectivity index (χ4n) is 1.78. The third-order valence-electron chi connectivity index (χ3n) is 2.44. The molecular formula is C13H15N5O. The van der Waals surface area contributed by atoms with Crippen LogP contribution in [0.1, 0.15) is 27.4 Å². The monoisotopic (exact) mass is 257 g/mol. The molecule has 3 N–H and O–H groups in total. The molecule has 2 heterocycles. The van der Waals surface area contributed by atoms with Crippen molar-refractivity contribution in [2.75, 3.05) is 11.1 Å². The van der Waals surface area contributed by atoms with Crippen LogP contribution in [0.15, 0.2) is 18.2 Å². The number of nitrogens with one attached hydrogen (secondary N) is 1. The molecule has 6 nitrogen and oxygen atoms in total. The van der Waals surface area contributed by atoms with Crippen LogP contribution in [-0.4, -0.2) is 20.9 Å². The number of nitrogens with zero attached hydrogens (tertiary/aromatic N) is 3. The predicted octanol–water partition coefficient (Wildman–Crippen LogP) is 1.63. The Morgan fingerprint density at radius 3 is 2.16 bits per heavy atom. The van der Waals surface area contributed by atoms with Gasteiger partial charge >= 0.3 is 0 Å². The zero-order valence-corrected chi connectivity index (χ0v) is 11.1. The van der Waals surface area contributed by atoms with Gasteiger partial charge < -0.3 is 5.73 Å². The summed E-state index contributed by atoms with van der Waals surface area (Å²) in [5, 5.41) is 2.65. The molecule has 6 heteroatoms. The molecule has 19 heavy (non-hydrogen) atoms. The van der Waals surface area contributed by atoms with Crippen molar-refractivity contribution in [3.05, 3.63) is 40.8 Å². The van der Waals surface area contributed by atoms with Crippen LogP contribution >= 0.6 is 0 Å². The Morgan fingerprint density at radius 2 is 1.58 bits per heavy atom. The molecule has 2 rings (SSSR count). The van der Waals surface area contributed by atoms with Gasteiger partial charge in [-0.2, -0.15) is 0 Å². The number of aryl methyl sites for hydroxylation is 3. The molecule has 0 aromatic carbocycles. The van der Waals surface area contributed by atoms with Crippen molar-refractivity contribution in [1.29, 1.82) is 0 Å². The van der Waals surface area contributed by atoms with Crippen molar-refractivity contribution < 1.29 is 4.79 Å². The Hall–Kier alpha value is -2.50. The van der Waals surface area contributed by atoms with E-state index >= 15 is 0 Å². The number of anilines is 2. The number of hydrogen-bond acceptors (Lipinski definition) is 5. The molecule has 0 unspecified atom stereocenters. The molecular weight excluding hydrogens is 242 g/mol. The van der Waals surface area contributed by atoms with Crippen molar-refractivity contribution in [2.24, 2.45) is 0 Å². The Bertz CT molecular complexity index is 598. The maximum atomic E-state index is 12.1.